The molecule has 0 spiro atoms. The lowest BCUT2D eigenvalue weighted by Gasteiger charge is -2.30. The van der Waals surface area contributed by atoms with E-state index >= 15 is 0 Å². The van der Waals surface area contributed by atoms with E-state index in [2.05, 4.69) is 26.6 Å². The second kappa shape index (κ2) is 8.65. The third kappa shape index (κ3) is 4.04. The lowest BCUT2D eigenvalue weighted by molar-refractivity contribution is 0.102. The Labute approximate surface area is 187 Å². The number of benzene rings is 3. The molecule has 0 radical (unpaired) electrons. The van der Waals surface area contributed by atoms with Gasteiger partial charge in [-0.15, -0.1) is 0 Å². The Balaban J connectivity index is 1.96. The first kappa shape index (κ1) is 20.7. The summed E-state index contributed by atoms with van der Waals surface area (Å²) in [4.78, 5) is 26.2. The third-order valence-corrected chi connectivity index (χ3v) is 5.62. The molecule has 0 fully saturated rings. The minimum atomic E-state index is -0.762. The van der Waals surface area contributed by atoms with Crippen molar-refractivity contribution in [2.24, 2.45) is 0 Å². The number of hydrogen-bond donors (Lipinski definition) is 3. The van der Waals surface area contributed by atoms with Crippen LogP contribution < -0.4 is 15.4 Å². The van der Waals surface area contributed by atoms with Gasteiger partial charge in [0.25, 0.3) is 0 Å². The number of carbonyl (C=O) groups is 2. The van der Waals surface area contributed by atoms with Gasteiger partial charge in [-0.25, -0.2) is 4.79 Å². The fourth-order valence-corrected chi connectivity index (χ4v) is 4.01. The summed E-state index contributed by atoms with van der Waals surface area (Å²) in [5, 5.41) is 15.9. The zero-order valence-electron chi connectivity index (χ0n) is 16.6. The highest BCUT2D eigenvalue weighted by Crippen LogP contribution is 2.40. The first-order valence-electron chi connectivity index (χ1n) is 9.53. The molecule has 3 aromatic carbocycles. The largest absolute Gasteiger partial charge is 0.503 e. The van der Waals surface area contributed by atoms with Crippen molar-refractivity contribution < 1.29 is 19.4 Å². The molecular weight excluding hydrogens is 460 g/mol. The summed E-state index contributed by atoms with van der Waals surface area (Å²) in [7, 11) is 1.44. The molecule has 0 unspecified atom stereocenters. The van der Waals surface area contributed by atoms with Crippen molar-refractivity contribution in [1.82, 2.24) is 10.6 Å². The van der Waals surface area contributed by atoms with Gasteiger partial charge in [-0.1, -0.05) is 60.7 Å². The molecule has 1 aliphatic rings. The summed E-state index contributed by atoms with van der Waals surface area (Å²) < 4.78 is 5.66. The van der Waals surface area contributed by atoms with E-state index in [-0.39, 0.29) is 17.3 Å². The molecule has 4 rings (SSSR count). The van der Waals surface area contributed by atoms with E-state index in [1.807, 2.05) is 36.4 Å². The van der Waals surface area contributed by atoms with Crippen LogP contribution in [0.4, 0.5) is 4.79 Å². The highest BCUT2D eigenvalue weighted by Gasteiger charge is 2.34. The van der Waals surface area contributed by atoms with Crippen LogP contribution in [-0.4, -0.2) is 24.0 Å². The van der Waals surface area contributed by atoms with Gasteiger partial charge >= 0.3 is 6.03 Å². The fraction of sp³-hybridized carbons (Fsp3) is 0.0833. The number of carbonyl (C=O) groups excluding carboxylic acids is 2. The maximum Gasteiger partial charge on any atom is 0.320 e. The maximum absolute atomic E-state index is 13.6. The van der Waals surface area contributed by atoms with E-state index in [0.29, 0.717) is 32.4 Å². The van der Waals surface area contributed by atoms with Crippen LogP contribution in [0.25, 0.3) is 5.70 Å². The van der Waals surface area contributed by atoms with Crippen LogP contribution in [0.3, 0.4) is 0 Å². The third-order valence-electron chi connectivity index (χ3n) is 5.02. The number of halogens is 1. The highest BCUT2D eigenvalue weighted by atomic mass is 79.9. The van der Waals surface area contributed by atoms with Crippen LogP contribution in [0.1, 0.15) is 27.5 Å². The molecule has 0 aliphatic carbocycles. The number of hydrogen-bond acceptors (Lipinski definition) is 4. The predicted octanol–water partition coefficient (Wildman–Crippen LogP) is 4.81. The van der Waals surface area contributed by atoms with E-state index in [1.165, 1.54) is 7.11 Å². The number of ketones is 1. The Morgan fingerprint density at radius 2 is 1.68 bits per heavy atom. The summed E-state index contributed by atoms with van der Waals surface area (Å²) in [6.45, 7) is 0. The molecule has 156 valence electrons. The van der Waals surface area contributed by atoms with Crippen molar-refractivity contribution in [3.63, 3.8) is 0 Å². The number of Topliss-reactive ketones (excluding diaryl/α,β-unsaturated/α-hetero) is 1. The number of phenols is 1. The Bertz CT molecular complexity index is 1180. The monoisotopic (exact) mass is 478 g/mol. The molecule has 0 saturated heterocycles. The molecule has 1 atom stereocenters. The van der Waals surface area contributed by atoms with Crippen molar-refractivity contribution in [3.05, 3.63) is 99.5 Å². The van der Waals surface area contributed by atoms with Crippen molar-refractivity contribution in [1.29, 1.82) is 0 Å². The summed E-state index contributed by atoms with van der Waals surface area (Å²) >= 11 is 3.32. The van der Waals surface area contributed by atoms with Crippen LogP contribution >= 0.6 is 15.9 Å². The standard InChI is InChI=1S/C24H19BrN2O4/c1-31-18-13-16(12-17(25)23(18)29)21-19(22(28)15-10-6-3-7-11-15)20(26-24(30)27-21)14-8-4-2-5-9-14/h2-13,21,29H,1H3,(H2,26,27,30)/t21-/m0/s1. The topological polar surface area (TPSA) is 87.7 Å². The molecule has 0 saturated carbocycles. The van der Waals surface area contributed by atoms with Gasteiger partial charge in [0.05, 0.1) is 28.9 Å². The Kier molecular flexibility index (Phi) is 5.77. The predicted molar refractivity (Wildman–Crippen MR) is 121 cm³/mol. The smallest absolute Gasteiger partial charge is 0.320 e. The van der Waals surface area contributed by atoms with Crippen molar-refractivity contribution >= 4 is 33.4 Å². The van der Waals surface area contributed by atoms with E-state index in [4.69, 9.17) is 4.74 Å². The van der Waals surface area contributed by atoms with E-state index in [0.717, 1.165) is 0 Å². The van der Waals surface area contributed by atoms with Crippen LogP contribution in [-0.2, 0) is 0 Å². The van der Waals surface area contributed by atoms with Crippen LogP contribution in [0, 0.1) is 0 Å². The second-order valence-corrected chi connectivity index (χ2v) is 7.79. The molecule has 1 heterocycles. The van der Waals surface area contributed by atoms with Gasteiger partial charge in [0, 0.05) is 5.56 Å². The molecule has 6 nitrogen and oxygen atoms in total. The van der Waals surface area contributed by atoms with E-state index in [9.17, 15) is 14.7 Å². The van der Waals surface area contributed by atoms with Gasteiger partial charge < -0.3 is 20.5 Å². The van der Waals surface area contributed by atoms with Crippen molar-refractivity contribution in [3.8, 4) is 11.5 Å². The van der Waals surface area contributed by atoms with Crippen molar-refractivity contribution in [2.75, 3.05) is 7.11 Å². The first-order valence-corrected chi connectivity index (χ1v) is 10.3. The molecule has 3 aromatic rings. The van der Waals surface area contributed by atoms with E-state index in [1.54, 1.807) is 36.4 Å². The highest BCUT2D eigenvalue weighted by molar-refractivity contribution is 9.10. The fourth-order valence-electron chi connectivity index (χ4n) is 3.55. The van der Waals surface area contributed by atoms with Crippen LogP contribution in [0.15, 0.2) is 82.8 Å². The zero-order valence-corrected chi connectivity index (χ0v) is 18.1. The van der Waals surface area contributed by atoms with Gasteiger partial charge in [-0.05, 0) is 39.2 Å². The molecule has 7 heteroatoms. The van der Waals surface area contributed by atoms with Gasteiger partial charge in [0.15, 0.2) is 17.3 Å². The minimum absolute atomic E-state index is 0.0605. The lowest BCUT2D eigenvalue weighted by Crippen LogP contribution is -2.45. The Hall–Kier alpha value is -3.58. The number of rotatable bonds is 5. The molecular formula is C24H19BrN2O4. The maximum atomic E-state index is 13.6. The SMILES string of the molecule is COc1cc([C@@H]2NC(=O)NC(c3ccccc3)=C2C(=O)c2ccccc2)cc(Br)c1O. The molecule has 2 amide bonds. The number of amides is 2. The van der Waals surface area contributed by atoms with Gasteiger partial charge in [-0.3, -0.25) is 4.79 Å². The molecule has 3 N–H and O–H groups in total. The van der Waals surface area contributed by atoms with Crippen molar-refractivity contribution in [2.45, 2.75) is 6.04 Å². The van der Waals surface area contributed by atoms with E-state index < -0.39 is 12.1 Å². The van der Waals surface area contributed by atoms with Gasteiger partial charge in [-0.2, -0.15) is 0 Å². The molecule has 31 heavy (non-hydrogen) atoms. The van der Waals surface area contributed by atoms with Gasteiger partial charge in [0.1, 0.15) is 0 Å². The average Bonchev–Trinajstić information content (AvgIpc) is 2.81. The lowest BCUT2D eigenvalue weighted by atomic mass is 9.87. The number of phenolic OH excluding ortho intramolecular Hbond substituents is 1. The number of aromatic hydroxyl groups is 1. The Morgan fingerprint density at radius 1 is 1.03 bits per heavy atom. The first-order chi connectivity index (χ1) is 15.0. The number of urea groups is 1. The Morgan fingerprint density at radius 3 is 2.32 bits per heavy atom. The summed E-state index contributed by atoms with van der Waals surface area (Å²) in [6, 6.07) is 20.2. The normalized spacial score (nSPS) is 15.8. The minimum Gasteiger partial charge on any atom is -0.503 e. The average molecular weight is 479 g/mol. The summed E-state index contributed by atoms with van der Waals surface area (Å²) in [5.41, 5.74) is 2.62. The second-order valence-electron chi connectivity index (χ2n) is 6.93. The van der Waals surface area contributed by atoms with Crippen LogP contribution in [0.2, 0.25) is 0 Å². The summed E-state index contributed by atoms with van der Waals surface area (Å²) in [6.07, 6.45) is 0. The molecule has 1 aliphatic heterocycles. The molecule has 0 bridgehead atoms. The zero-order chi connectivity index (χ0) is 22.0. The van der Waals surface area contributed by atoms with Crippen LogP contribution in [0.5, 0.6) is 11.5 Å². The number of ether oxygens (including phenoxy) is 1. The molecule has 0 aromatic heterocycles. The number of methoxy groups -OCH3 is 1. The summed E-state index contributed by atoms with van der Waals surface area (Å²) in [5.74, 6) is -0.0558. The van der Waals surface area contributed by atoms with Gasteiger partial charge in [0.2, 0.25) is 0 Å². The number of nitrogens with one attached hydrogen (secondary N) is 2. The quantitative estimate of drug-likeness (QED) is 0.459.